The quantitative estimate of drug-likeness (QED) is 0.0449. The highest BCUT2D eigenvalue weighted by molar-refractivity contribution is 7.80. The van der Waals surface area contributed by atoms with Gasteiger partial charge in [0.2, 0.25) is 59.1 Å². The van der Waals surface area contributed by atoms with Crippen LogP contribution in [0, 0.1) is 0 Å². The van der Waals surface area contributed by atoms with Gasteiger partial charge >= 0.3 is 17.9 Å². The van der Waals surface area contributed by atoms with Gasteiger partial charge in [-0.2, -0.15) is 0 Å². The summed E-state index contributed by atoms with van der Waals surface area (Å²) in [5.41, 5.74) is 6.15. The number of aliphatic hydroxyl groups is 1. The van der Waals surface area contributed by atoms with E-state index in [2.05, 4.69) is 31.9 Å². The van der Waals surface area contributed by atoms with Gasteiger partial charge in [-0.1, -0.05) is 44.3 Å². The molecule has 3 aromatic rings. The Kier molecular flexibility index (Phi) is 28.6. The number of benzene rings is 3. The molecule has 3 fully saturated rings. The fourth-order valence-electron chi connectivity index (χ4n) is 14.9. The van der Waals surface area contributed by atoms with Gasteiger partial charge in [-0.25, -0.2) is 4.79 Å². The molecule has 33 heteroatoms. The van der Waals surface area contributed by atoms with Crippen LogP contribution in [0.5, 0.6) is 23.0 Å². The number of esters is 1. The number of allylic oxidation sites excluding steroid dienone is 1. The molecule has 8 atom stereocenters. The molecule has 10 amide bonds. The number of aliphatic hydroxyl groups excluding tert-OH is 1. The molecular formula is C75H98N12O20S. The highest BCUT2D eigenvalue weighted by atomic mass is 32.1. The first-order valence-corrected chi connectivity index (χ1v) is 37.6. The number of hydrogen-bond donors (Lipinski definition) is 12. The largest absolute Gasteiger partial charge is 0.508 e. The van der Waals surface area contributed by atoms with Crippen molar-refractivity contribution in [2.24, 2.45) is 5.73 Å². The van der Waals surface area contributed by atoms with Gasteiger partial charge in [0.05, 0.1) is 24.8 Å². The van der Waals surface area contributed by atoms with E-state index in [0.29, 0.717) is 80.3 Å². The van der Waals surface area contributed by atoms with Gasteiger partial charge in [0.15, 0.2) is 10.7 Å². The molecule has 9 rings (SSSR count). The third-order valence-electron chi connectivity index (χ3n) is 20.3. The Morgan fingerprint density at radius 1 is 0.611 bits per heavy atom. The van der Waals surface area contributed by atoms with Crippen LogP contribution < -0.4 is 42.4 Å². The van der Waals surface area contributed by atoms with Crippen LogP contribution in [0.3, 0.4) is 0 Å². The summed E-state index contributed by atoms with van der Waals surface area (Å²) >= 11 is 5.69. The number of anilines is 1. The van der Waals surface area contributed by atoms with Crippen LogP contribution in [-0.4, -0.2) is 233 Å². The molecule has 3 saturated heterocycles. The maximum absolute atomic E-state index is 14.6. The van der Waals surface area contributed by atoms with E-state index in [1.54, 1.807) is 30.3 Å². The Hall–Kier alpha value is -10.4. The fourth-order valence-corrected chi connectivity index (χ4v) is 15.1. The predicted octanol–water partition coefficient (Wildman–Crippen LogP) is 3.39. The molecule has 6 aliphatic heterocycles. The Morgan fingerprint density at radius 2 is 1.18 bits per heavy atom. The number of nitrogens with two attached hydrogens (primary N) is 1. The zero-order valence-corrected chi connectivity index (χ0v) is 61.6. The maximum atomic E-state index is 14.6. The average molecular weight is 1520 g/mol. The number of aliphatic carboxylic acids is 2. The lowest BCUT2D eigenvalue weighted by Crippen LogP contribution is -2.61. The van der Waals surface area contributed by atoms with Crippen molar-refractivity contribution >= 4 is 100.0 Å². The average Bonchev–Trinajstić information content (AvgIpc) is 1.45. The molecule has 32 nitrogen and oxygen atoms in total. The molecule has 1 spiro atoms. The van der Waals surface area contributed by atoms with Crippen LogP contribution in [0.25, 0.3) is 0 Å². The summed E-state index contributed by atoms with van der Waals surface area (Å²) < 4.78 is 12.3. The van der Waals surface area contributed by atoms with Crippen molar-refractivity contribution in [3.8, 4) is 23.0 Å². The van der Waals surface area contributed by atoms with Crippen LogP contribution in [0.1, 0.15) is 182 Å². The SMILES string of the molecule is C[C@@H]1NC(=O)[C@H]([C@@H](C)O)NC(=O)[C@@H]2CCCN2C(=O)[C@H](CCC(=O)O)NC(=O)CN(C(=O)CCCCNC(=S)Nc2ccc3c(c2)C2(OC3=O)c3ccc(O)cc3Oc3cc(O)ccc32)CCC=CCCCCCCCCCN(CC(N)=O)C(=O)[C@H](CCC(=O)O)NC(=O)[C@@H]2CCCN2C(=O)[C@@H]2CCCN2C1=O. The standard InChI is InChI=1S/C75H98N12O20S/c1-44-69(101)87-38-18-21-57(87)72(104)86-37-17-19-55(86)66(98)81-53(29-31-63(94)95)70(102)84(42-60(76)91)35-15-11-9-7-5-3-4-6-8-10-14-34-83(43-61(92)80-54(30-32-64(96)97)71(103)85-36-16-20-56(85)67(99)82-65(45(2)88)68(100)78-44)62(93)22-12-13-33-77-74(108)79-46-23-26-49-52(39-46)75(107-73(49)105)50-27-24-47(89)40-58(50)106-59-41-48(90)25-28-51(59)75/h8,10,23-28,39-41,44-45,53-57,65,88-90H,3-7,9,11-22,29-38,42-43H2,1-2H3,(H2,76,91)(H,78,100)(H,80,92)(H,81,98)(H,82,99)(H,94,95)(H,96,97)(H2,77,79,108)/t44-,45+,53-,54-,55-,56-,57-,65-/m0/s1. The summed E-state index contributed by atoms with van der Waals surface area (Å²) in [4.78, 5) is 184. The molecule has 0 aliphatic carbocycles. The van der Waals surface area contributed by atoms with Crippen molar-refractivity contribution < 1.29 is 97.3 Å². The second-order valence-electron chi connectivity index (χ2n) is 28.3. The number of fused-ring (bicyclic) bond motifs is 9. The van der Waals surface area contributed by atoms with Gasteiger partial charge in [-0.15, -0.1) is 0 Å². The summed E-state index contributed by atoms with van der Waals surface area (Å²) in [5.74, 6) is -10.3. The number of carbonyl (C=O) groups excluding carboxylic acids is 11. The molecule has 584 valence electrons. The molecule has 108 heavy (non-hydrogen) atoms. The number of thiocarbonyl (C=S) groups is 1. The van der Waals surface area contributed by atoms with Gasteiger partial charge in [-0.3, -0.25) is 57.5 Å². The van der Waals surface area contributed by atoms with E-state index in [-0.39, 0.29) is 105 Å². The number of ether oxygens (including phenoxy) is 2. The van der Waals surface area contributed by atoms with E-state index in [4.69, 9.17) is 27.4 Å². The number of rotatable bonds is 15. The van der Waals surface area contributed by atoms with E-state index in [9.17, 15) is 87.9 Å². The van der Waals surface area contributed by atoms with E-state index in [1.165, 1.54) is 57.7 Å². The minimum absolute atomic E-state index is 0.0171. The molecule has 0 radical (unpaired) electrons. The molecule has 0 unspecified atom stereocenters. The number of phenolic OH excluding ortho intramolecular Hbond substituents is 2. The third kappa shape index (κ3) is 20.6. The van der Waals surface area contributed by atoms with Crippen LogP contribution in [0.15, 0.2) is 66.7 Å². The van der Waals surface area contributed by atoms with Gasteiger partial charge < -0.3 is 97.1 Å². The lowest BCUT2D eigenvalue weighted by atomic mass is 9.77. The van der Waals surface area contributed by atoms with E-state index >= 15 is 0 Å². The van der Waals surface area contributed by atoms with E-state index in [1.807, 2.05) is 12.2 Å². The normalized spacial score (nSPS) is 23.5. The number of aromatic hydroxyl groups is 2. The van der Waals surface area contributed by atoms with Gasteiger partial charge in [0.25, 0.3) is 0 Å². The van der Waals surface area contributed by atoms with Crippen molar-refractivity contribution in [1.82, 2.24) is 51.1 Å². The topological polar surface area (TPSA) is 456 Å². The maximum Gasteiger partial charge on any atom is 0.340 e. The van der Waals surface area contributed by atoms with Crippen molar-refractivity contribution in [2.45, 2.75) is 209 Å². The van der Waals surface area contributed by atoms with Gasteiger partial charge in [0, 0.05) is 93.0 Å². The number of carboxylic acids is 2. The molecule has 0 aromatic heterocycles. The fraction of sp³-hybridized carbons (Fsp3) is 0.547. The zero-order valence-electron chi connectivity index (χ0n) is 60.8. The number of carboxylic acid groups (broad SMARTS) is 2. The summed E-state index contributed by atoms with van der Waals surface area (Å²) in [6.07, 6.45) is 9.04. The molecule has 0 bridgehead atoms. The third-order valence-corrected chi connectivity index (χ3v) is 20.6. The first kappa shape index (κ1) is 81.6. The van der Waals surface area contributed by atoms with Crippen molar-refractivity contribution in [1.29, 1.82) is 0 Å². The lowest BCUT2D eigenvalue weighted by molar-refractivity contribution is -0.148. The molecule has 6 heterocycles. The Balaban J connectivity index is 0.868. The summed E-state index contributed by atoms with van der Waals surface area (Å²) in [6, 6.07) is 4.43. The molecule has 6 aliphatic rings. The second kappa shape index (κ2) is 37.9. The number of amides is 10. The van der Waals surface area contributed by atoms with Crippen LogP contribution in [0.2, 0.25) is 0 Å². The van der Waals surface area contributed by atoms with Crippen LogP contribution in [-0.2, 0) is 67.9 Å². The van der Waals surface area contributed by atoms with E-state index in [0.717, 1.165) is 37.0 Å². The first-order valence-electron chi connectivity index (χ1n) is 37.2. The monoisotopic (exact) mass is 1520 g/mol. The molecule has 13 N–H and O–H groups in total. The number of nitrogens with one attached hydrogen (secondary N) is 6. The number of nitrogens with zero attached hydrogens (tertiary/aromatic N) is 5. The van der Waals surface area contributed by atoms with Crippen LogP contribution in [0.4, 0.5) is 5.69 Å². The Bertz CT molecular complexity index is 3880. The van der Waals surface area contributed by atoms with Crippen LogP contribution >= 0.6 is 12.2 Å². The number of hydrogen-bond acceptors (Lipinski definition) is 19. The van der Waals surface area contributed by atoms with Gasteiger partial charge in [0.1, 0.15) is 65.3 Å². The molecule has 3 aromatic carbocycles. The highest BCUT2D eigenvalue weighted by Crippen LogP contribution is 2.57. The zero-order chi connectivity index (χ0) is 77.9. The van der Waals surface area contributed by atoms with Gasteiger partial charge in [-0.05, 0) is 158 Å². The van der Waals surface area contributed by atoms with E-state index < -0.39 is 163 Å². The predicted molar refractivity (Wildman–Crippen MR) is 392 cm³/mol. The van der Waals surface area contributed by atoms with Crippen molar-refractivity contribution in [2.75, 3.05) is 57.7 Å². The Labute approximate surface area is 630 Å². The minimum Gasteiger partial charge on any atom is -0.508 e. The number of unbranched alkanes of at least 4 members (excludes halogenated alkanes) is 1. The summed E-state index contributed by atoms with van der Waals surface area (Å²) in [5, 5.41) is 68.0. The van der Waals surface area contributed by atoms with Crippen molar-refractivity contribution in [3.63, 3.8) is 0 Å². The smallest absolute Gasteiger partial charge is 0.340 e. The molecule has 0 saturated carbocycles. The summed E-state index contributed by atoms with van der Waals surface area (Å²) in [6.45, 7) is 2.18. The first-order chi connectivity index (χ1) is 51.6. The minimum atomic E-state index is -1.70. The Morgan fingerprint density at radius 3 is 1.79 bits per heavy atom. The number of carbonyl (C=O) groups is 13. The van der Waals surface area contributed by atoms with Crippen molar-refractivity contribution in [3.05, 3.63) is 89.0 Å². The number of phenols is 2. The number of primary amides is 1. The summed E-state index contributed by atoms with van der Waals surface area (Å²) in [7, 11) is 0. The molecular weight excluding hydrogens is 1420 g/mol. The highest BCUT2D eigenvalue weighted by Gasteiger charge is 2.54. The second-order valence-corrected chi connectivity index (χ2v) is 28.7. The lowest BCUT2D eigenvalue weighted by Gasteiger charge is -2.36.